The second-order valence-corrected chi connectivity index (χ2v) is 3.73. The van der Waals surface area contributed by atoms with Crippen molar-refractivity contribution in [2.24, 2.45) is 0 Å². The molecule has 2 rings (SSSR count). The number of hydrogen-bond donors (Lipinski definition) is 1. The molecule has 0 spiro atoms. The fraction of sp³-hybridized carbons (Fsp3) is 0.364. The van der Waals surface area contributed by atoms with Crippen LogP contribution < -0.4 is 5.73 Å². The van der Waals surface area contributed by atoms with E-state index in [9.17, 15) is 4.79 Å². The number of hydrogen-bond acceptors (Lipinski definition) is 2. The number of carbonyl (C=O) groups excluding carboxylic acids is 1. The molecule has 14 heavy (non-hydrogen) atoms. The highest BCUT2D eigenvalue weighted by Crippen LogP contribution is 2.27. The number of nitrogens with two attached hydrogens (primary N) is 1. The molecule has 0 radical (unpaired) electrons. The highest BCUT2D eigenvalue weighted by atomic mass is 16.2. The van der Waals surface area contributed by atoms with E-state index in [4.69, 9.17) is 5.73 Å². The van der Waals surface area contributed by atoms with Gasteiger partial charge < -0.3 is 10.6 Å². The summed E-state index contributed by atoms with van der Waals surface area (Å²) in [6.45, 7) is 0. The Morgan fingerprint density at radius 1 is 1.43 bits per heavy atom. The second kappa shape index (κ2) is 3.33. The smallest absolute Gasteiger partial charge is 0.255 e. The van der Waals surface area contributed by atoms with Gasteiger partial charge in [0.25, 0.3) is 5.91 Å². The van der Waals surface area contributed by atoms with Crippen LogP contribution in [-0.4, -0.2) is 23.9 Å². The number of carbonyl (C=O) groups is 1. The van der Waals surface area contributed by atoms with Crippen molar-refractivity contribution in [2.75, 3.05) is 12.8 Å². The van der Waals surface area contributed by atoms with Gasteiger partial charge in [0, 0.05) is 18.8 Å². The first kappa shape index (κ1) is 9.06. The number of para-hydroxylation sites is 1. The van der Waals surface area contributed by atoms with Crippen LogP contribution in [0.25, 0.3) is 0 Å². The number of rotatable bonds is 2. The summed E-state index contributed by atoms with van der Waals surface area (Å²) in [6, 6.07) is 7.64. The molecule has 0 aliphatic heterocycles. The highest BCUT2D eigenvalue weighted by molar-refractivity contribution is 5.99. The highest BCUT2D eigenvalue weighted by Gasteiger charge is 2.30. The van der Waals surface area contributed by atoms with Crippen molar-refractivity contribution in [1.29, 1.82) is 0 Å². The Bertz CT molecular complexity index is 358. The lowest BCUT2D eigenvalue weighted by Gasteiger charge is -2.17. The number of benzene rings is 1. The molecule has 1 aliphatic rings. The van der Waals surface area contributed by atoms with Gasteiger partial charge in [-0.3, -0.25) is 4.79 Å². The second-order valence-electron chi connectivity index (χ2n) is 3.73. The quantitative estimate of drug-likeness (QED) is 0.718. The minimum atomic E-state index is 0.0330. The van der Waals surface area contributed by atoms with Crippen molar-refractivity contribution >= 4 is 11.6 Å². The van der Waals surface area contributed by atoms with E-state index < -0.39 is 0 Å². The summed E-state index contributed by atoms with van der Waals surface area (Å²) < 4.78 is 0. The molecule has 1 amide bonds. The molecule has 74 valence electrons. The van der Waals surface area contributed by atoms with Crippen molar-refractivity contribution in [3.63, 3.8) is 0 Å². The summed E-state index contributed by atoms with van der Waals surface area (Å²) in [7, 11) is 1.84. The Morgan fingerprint density at radius 2 is 2.07 bits per heavy atom. The van der Waals surface area contributed by atoms with Gasteiger partial charge in [0.2, 0.25) is 0 Å². The lowest BCUT2D eigenvalue weighted by Crippen LogP contribution is -2.29. The van der Waals surface area contributed by atoms with Gasteiger partial charge in [0.1, 0.15) is 0 Å². The molecule has 0 saturated heterocycles. The molecule has 2 N–H and O–H groups in total. The van der Waals surface area contributed by atoms with E-state index in [2.05, 4.69) is 0 Å². The van der Waals surface area contributed by atoms with Crippen LogP contribution in [0, 0.1) is 0 Å². The van der Waals surface area contributed by atoms with Crippen molar-refractivity contribution in [3.8, 4) is 0 Å². The molecular formula is C11H14N2O. The Kier molecular flexibility index (Phi) is 2.15. The van der Waals surface area contributed by atoms with Gasteiger partial charge in [-0.15, -0.1) is 0 Å². The fourth-order valence-electron chi connectivity index (χ4n) is 1.51. The third-order valence-corrected chi connectivity index (χ3v) is 2.61. The maximum atomic E-state index is 11.9. The Labute approximate surface area is 83.5 Å². The minimum absolute atomic E-state index is 0.0330. The summed E-state index contributed by atoms with van der Waals surface area (Å²) in [5.74, 6) is 0.0330. The molecular weight excluding hydrogens is 176 g/mol. The molecule has 1 aromatic rings. The predicted molar refractivity (Wildman–Crippen MR) is 56.0 cm³/mol. The molecule has 1 aliphatic carbocycles. The zero-order chi connectivity index (χ0) is 10.1. The van der Waals surface area contributed by atoms with Crippen LogP contribution in [0.3, 0.4) is 0 Å². The third-order valence-electron chi connectivity index (χ3n) is 2.61. The van der Waals surface area contributed by atoms with Crippen molar-refractivity contribution < 1.29 is 4.79 Å². The number of nitrogen functional groups attached to an aromatic ring is 1. The standard InChI is InChI=1S/C11H14N2O/c1-13(8-6-7-8)11(14)9-4-2-3-5-10(9)12/h2-5,8H,6-7,12H2,1H3. The van der Waals surface area contributed by atoms with Gasteiger partial charge >= 0.3 is 0 Å². The molecule has 0 heterocycles. The van der Waals surface area contributed by atoms with Crippen LogP contribution in [0.1, 0.15) is 23.2 Å². The van der Waals surface area contributed by atoms with E-state index in [1.807, 2.05) is 19.2 Å². The Hall–Kier alpha value is -1.51. The maximum Gasteiger partial charge on any atom is 0.255 e. The van der Waals surface area contributed by atoms with Crippen LogP contribution in [0.2, 0.25) is 0 Å². The summed E-state index contributed by atoms with van der Waals surface area (Å²) in [6.07, 6.45) is 2.24. The van der Waals surface area contributed by atoms with Gasteiger partial charge in [-0.2, -0.15) is 0 Å². The zero-order valence-corrected chi connectivity index (χ0v) is 8.23. The van der Waals surface area contributed by atoms with Gasteiger partial charge in [0.15, 0.2) is 0 Å². The fourth-order valence-corrected chi connectivity index (χ4v) is 1.51. The lowest BCUT2D eigenvalue weighted by atomic mass is 10.1. The van der Waals surface area contributed by atoms with Gasteiger partial charge in [-0.25, -0.2) is 0 Å². The molecule has 3 nitrogen and oxygen atoms in total. The largest absolute Gasteiger partial charge is 0.398 e. The van der Waals surface area contributed by atoms with Gasteiger partial charge in [-0.05, 0) is 25.0 Å². The zero-order valence-electron chi connectivity index (χ0n) is 8.23. The van der Waals surface area contributed by atoms with E-state index in [1.165, 1.54) is 0 Å². The predicted octanol–water partition coefficient (Wildman–Crippen LogP) is 1.50. The molecule has 0 unspecified atom stereocenters. The molecule has 0 aromatic heterocycles. The molecule has 0 bridgehead atoms. The Balaban J connectivity index is 2.21. The molecule has 1 aromatic carbocycles. The average Bonchev–Trinajstić information content (AvgIpc) is 3.00. The maximum absolute atomic E-state index is 11.9. The number of amides is 1. The van der Waals surface area contributed by atoms with Crippen LogP contribution in [0.15, 0.2) is 24.3 Å². The first-order chi connectivity index (χ1) is 6.70. The first-order valence-electron chi connectivity index (χ1n) is 4.82. The van der Waals surface area contributed by atoms with E-state index >= 15 is 0 Å². The summed E-state index contributed by atoms with van der Waals surface area (Å²) in [5.41, 5.74) is 6.91. The Morgan fingerprint density at radius 3 is 2.64 bits per heavy atom. The molecule has 0 atom stereocenters. The normalized spacial score (nSPS) is 15.2. The lowest BCUT2D eigenvalue weighted by molar-refractivity contribution is 0.0786. The minimum Gasteiger partial charge on any atom is -0.398 e. The van der Waals surface area contributed by atoms with E-state index in [0.717, 1.165) is 12.8 Å². The van der Waals surface area contributed by atoms with Gasteiger partial charge in [-0.1, -0.05) is 12.1 Å². The van der Waals surface area contributed by atoms with Gasteiger partial charge in [0.05, 0.1) is 5.56 Å². The van der Waals surface area contributed by atoms with E-state index in [-0.39, 0.29) is 5.91 Å². The van der Waals surface area contributed by atoms with Crippen molar-refractivity contribution in [1.82, 2.24) is 4.90 Å². The number of anilines is 1. The average molecular weight is 190 g/mol. The SMILES string of the molecule is CN(C(=O)c1ccccc1N)C1CC1. The number of nitrogens with zero attached hydrogens (tertiary/aromatic N) is 1. The molecule has 1 saturated carbocycles. The third kappa shape index (κ3) is 1.58. The molecule has 1 fully saturated rings. The first-order valence-corrected chi connectivity index (χ1v) is 4.82. The monoisotopic (exact) mass is 190 g/mol. The van der Waals surface area contributed by atoms with Crippen molar-refractivity contribution in [2.45, 2.75) is 18.9 Å². The topological polar surface area (TPSA) is 46.3 Å². The van der Waals surface area contributed by atoms with Crippen molar-refractivity contribution in [3.05, 3.63) is 29.8 Å². The summed E-state index contributed by atoms with van der Waals surface area (Å²) >= 11 is 0. The summed E-state index contributed by atoms with van der Waals surface area (Å²) in [4.78, 5) is 13.7. The van der Waals surface area contributed by atoms with Crippen LogP contribution in [0.4, 0.5) is 5.69 Å². The van der Waals surface area contributed by atoms with E-state index in [1.54, 1.807) is 17.0 Å². The van der Waals surface area contributed by atoms with Crippen LogP contribution >= 0.6 is 0 Å². The van der Waals surface area contributed by atoms with Crippen LogP contribution in [-0.2, 0) is 0 Å². The molecule has 3 heteroatoms. The van der Waals surface area contributed by atoms with Crippen LogP contribution in [0.5, 0.6) is 0 Å². The van der Waals surface area contributed by atoms with E-state index in [0.29, 0.717) is 17.3 Å². The summed E-state index contributed by atoms with van der Waals surface area (Å²) in [5, 5.41) is 0.